The molecule has 1 heterocycles. The van der Waals surface area contributed by atoms with Crippen LogP contribution in [0.4, 0.5) is 18.7 Å². The topological polar surface area (TPSA) is 51.2 Å². The van der Waals surface area contributed by atoms with E-state index in [1.165, 1.54) is 17.4 Å². The zero-order chi connectivity index (χ0) is 20.3. The Morgan fingerprint density at radius 3 is 2.46 bits per heavy atom. The van der Waals surface area contributed by atoms with E-state index in [0.717, 1.165) is 22.6 Å². The van der Waals surface area contributed by atoms with E-state index in [-0.39, 0.29) is 0 Å². The zero-order valence-electron chi connectivity index (χ0n) is 15.8. The van der Waals surface area contributed by atoms with E-state index in [0.29, 0.717) is 22.8 Å². The van der Waals surface area contributed by atoms with Gasteiger partial charge in [0.05, 0.1) is 5.69 Å². The van der Waals surface area contributed by atoms with E-state index in [1.54, 1.807) is 20.8 Å². The molecule has 0 bridgehead atoms. The molecule has 0 atom stereocenters. The van der Waals surface area contributed by atoms with Gasteiger partial charge in [-0.05, 0) is 44.5 Å². The maximum absolute atomic E-state index is 13.7. The molecule has 28 heavy (non-hydrogen) atoms. The molecule has 0 radical (unpaired) electrons. The number of aromatic nitrogens is 1. The molecule has 0 aliphatic carbocycles. The second kappa shape index (κ2) is 8.06. The number of carbonyl (C=O) groups excluding carboxylic acids is 1. The molecule has 0 aliphatic rings. The van der Waals surface area contributed by atoms with Gasteiger partial charge in [0, 0.05) is 16.9 Å². The van der Waals surface area contributed by atoms with Gasteiger partial charge in [0.15, 0.2) is 16.8 Å². The predicted molar refractivity (Wildman–Crippen MR) is 107 cm³/mol. The van der Waals surface area contributed by atoms with E-state index in [1.807, 2.05) is 30.3 Å². The molecular formula is C21H20F2N2O2S. The van der Waals surface area contributed by atoms with Crippen LogP contribution in [-0.2, 0) is 11.2 Å². The molecule has 0 saturated heterocycles. The van der Waals surface area contributed by atoms with Crippen molar-refractivity contribution in [3.8, 4) is 11.3 Å². The number of nitrogens with one attached hydrogen (secondary N) is 1. The molecule has 1 N–H and O–H groups in total. The lowest BCUT2D eigenvalue weighted by atomic mass is 10.1. The van der Waals surface area contributed by atoms with Crippen LogP contribution in [0, 0.1) is 11.6 Å². The maximum atomic E-state index is 13.7. The van der Waals surface area contributed by atoms with Gasteiger partial charge in [0.1, 0.15) is 5.60 Å². The second-order valence-electron chi connectivity index (χ2n) is 7.21. The number of benzene rings is 2. The van der Waals surface area contributed by atoms with Crippen molar-refractivity contribution in [2.24, 2.45) is 0 Å². The van der Waals surface area contributed by atoms with Crippen LogP contribution in [0.25, 0.3) is 11.3 Å². The first-order valence-corrected chi connectivity index (χ1v) is 9.52. The molecule has 0 aliphatic heterocycles. The Bertz CT molecular complexity index is 982. The van der Waals surface area contributed by atoms with Crippen LogP contribution < -0.4 is 5.32 Å². The van der Waals surface area contributed by atoms with E-state index in [2.05, 4.69) is 10.3 Å². The number of anilines is 1. The Morgan fingerprint density at radius 2 is 1.82 bits per heavy atom. The normalized spacial score (nSPS) is 11.3. The number of ether oxygens (including phenoxy) is 1. The molecule has 3 aromatic rings. The lowest BCUT2D eigenvalue weighted by molar-refractivity contribution is 0.0636. The molecule has 0 spiro atoms. The minimum absolute atomic E-state index is 0.333. The zero-order valence-corrected chi connectivity index (χ0v) is 16.6. The molecule has 2 aromatic carbocycles. The number of thiazole rings is 1. The van der Waals surface area contributed by atoms with Crippen molar-refractivity contribution >= 4 is 22.6 Å². The Kier molecular flexibility index (Phi) is 5.74. The monoisotopic (exact) mass is 402 g/mol. The van der Waals surface area contributed by atoms with Crippen molar-refractivity contribution in [1.82, 2.24) is 4.98 Å². The van der Waals surface area contributed by atoms with Crippen molar-refractivity contribution in [3.05, 3.63) is 70.6 Å². The fourth-order valence-corrected chi connectivity index (χ4v) is 3.57. The van der Waals surface area contributed by atoms with Gasteiger partial charge in [0.2, 0.25) is 0 Å². The van der Waals surface area contributed by atoms with Gasteiger partial charge in [-0.25, -0.2) is 18.6 Å². The lowest BCUT2D eigenvalue weighted by Crippen LogP contribution is -2.27. The minimum atomic E-state index is -0.946. The third-order valence-corrected chi connectivity index (χ3v) is 4.68. The first-order valence-electron chi connectivity index (χ1n) is 8.70. The molecule has 4 nitrogen and oxygen atoms in total. The first kappa shape index (κ1) is 19.9. The Morgan fingerprint density at radius 1 is 1.11 bits per heavy atom. The Balaban J connectivity index is 1.94. The Hall–Kier alpha value is -2.80. The van der Waals surface area contributed by atoms with Gasteiger partial charge in [-0.3, -0.25) is 5.32 Å². The predicted octanol–water partition coefficient (Wildman–Crippen LogP) is 6.03. The summed E-state index contributed by atoms with van der Waals surface area (Å²) < 4.78 is 32.3. The van der Waals surface area contributed by atoms with E-state index in [9.17, 15) is 13.6 Å². The molecule has 0 fully saturated rings. The molecule has 7 heteroatoms. The van der Waals surface area contributed by atoms with Crippen molar-refractivity contribution in [3.63, 3.8) is 0 Å². The number of halogens is 2. The Labute approximate surface area is 166 Å². The second-order valence-corrected chi connectivity index (χ2v) is 8.29. The summed E-state index contributed by atoms with van der Waals surface area (Å²) in [5.41, 5.74) is 1.34. The van der Waals surface area contributed by atoms with Gasteiger partial charge in [-0.1, -0.05) is 30.3 Å². The highest BCUT2D eigenvalue weighted by molar-refractivity contribution is 7.16. The number of amides is 1. The van der Waals surface area contributed by atoms with Gasteiger partial charge >= 0.3 is 6.09 Å². The molecule has 0 unspecified atom stereocenters. The molecule has 0 saturated carbocycles. The maximum Gasteiger partial charge on any atom is 0.413 e. The number of carbonyl (C=O) groups is 1. The van der Waals surface area contributed by atoms with E-state index in [4.69, 9.17) is 4.74 Å². The highest BCUT2D eigenvalue weighted by atomic mass is 32.1. The van der Waals surface area contributed by atoms with E-state index >= 15 is 0 Å². The van der Waals surface area contributed by atoms with Crippen LogP contribution >= 0.6 is 11.3 Å². The summed E-state index contributed by atoms with van der Waals surface area (Å²) in [4.78, 5) is 17.3. The van der Waals surface area contributed by atoms with Crippen molar-refractivity contribution in [2.75, 3.05) is 5.32 Å². The van der Waals surface area contributed by atoms with Crippen LogP contribution in [0.3, 0.4) is 0 Å². The molecule has 1 amide bonds. The third kappa shape index (κ3) is 5.13. The summed E-state index contributed by atoms with van der Waals surface area (Å²) in [5, 5.41) is 2.95. The highest BCUT2D eigenvalue weighted by Crippen LogP contribution is 2.34. The van der Waals surface area contributed by atoms with Gasteiger partial charge in [0.25, 0.3) is 0 Å². The molecule has 3 rings (SSSR count). The van der Waals surface area contributed by atoms with Crippen molar-refractivity contribution in [1.29, 1.82) is 0 Å². The first-order chi connectivity index (χ1) is 13.2. The summed E-state index contributed by atoms with van der Waals surface area (Å²) >= 11 is 1.27. The third-order valence-electron chi connectivity index (χ3n) is 3.71. The molecular weight excluding hydrogens is 382 g/mol. The van der Waals surface area contributed by atoms with Crippen LogP contribution in [0.15, 0.2) is 48.5 Å². The van der Waals surface area contributed by atoms with Gasteiger partial charge < -0.3 is 4.74 Å². The van der Waals surface area contributed by atoms with Crippen LogP contribution in [-0.4, -0.2) is 16.7 Å². The smallest absolute Gasteiger partial charge is 0.413 e. The number of nitrogens with zero attached hydrogens (tertiary/aromatic N) is 1. The van der Waals surface area contributed by atoms with Crippen molar-refractivity contribution < 1.29 is 18.3 Å². The average Bonchev–Trinajstić information content (AvgIpc) is 2.98. The molecule has 146 valence electrons. The number of hydrogen-bond donors (Lipinski definition) is 1. The van der Waals surface area contributed by atoms with Crippen LogP contribution in [0.1, 0.15) is 31.2 Å². The van der Waals surface area contributed by atoms with Gasteiger partial charge in [-0.15, -0.1) is 11.3 Å². The average molecular weight is 402 g/mol. The summed E-state index contributed by atoms with van der Waals surface area (Å²) in [6.07, 6.45) is -0.0765. The lowest BCUT2D eigenvalue weighted by Gasteiger charge is -2.18. The quantitative estimate of drug-likeness (QED) is 0.580. The summed E-state index contributed by atoms with van der Waals surface area (Å²) in [7, 11) is 0. The standard InChI is InChI=1S/C21H20F2N2O2S/c1-21(2,3)27-20(26)25-19-24-18(14-9-10-15(22)16(23)12-14)17(28-19)11-13-7-5-4-6-8-13/h4-10,12H,11H2,1-3H3,(H,24,25,26). The minimum Gasteiger partial charge on any atom is -0.444 e. The summed E-state index contributed by atoms with van der Waals surface area (Å²) in [6.45, 7) is 5.30. The number of hydrogen-bond acceptors (Lipinski definition) is 4. The molecule has 1 aromatic heterocycles. The highest BCUT2D eigenvalue weighted by Gasteiger charge is 2.20. The fraction of sp³-hybridized carbons (Fsp3) is 0.238. The SMILES string of the molecule is CC(C)(C)OC(=O)Nc1nc(-c2ccc(F)c(F)c2)c(Cc2ccccc2)s1. The number of rotatable bonds is 4. The van der Waals surface area contributed by atoms with E-state index < -0.39 is 23.3 Å². The summed E-state index contributed by atoms with van der Waals surface area (Å²) in [6, 6.07) is 13.3. The summed E-state index contributed by atoms with van der Waals surface area (Å²) in [5.74, 6) is -1.87. The van der Waals surface area contributed by atoms with Gasteiger partial charge in [-0.2, -0.15) is 0 Å². The largest absolute Gasteiger partial charge is 0.444 e. The fourth-order valence-electron chi connectivity index (χ4n) is 2.57. The van der Waals surface area contributed by atoms with Crippen molar-refractivity contribution in [2.45, 2.75) is 32.8 Å². The van der Waals surface area contributed by atoms with Crippen LogP contribution in [0.5, 0.6) is 0 Å². The van der Waals surface area contributed by atoms with Crippen LogP contribution in [0.2, 0.25) is 0 Å².